The standard InChI is InChI=1S/C23H21ClN4O4S/c1-16(25-26-21-12-11-19(27(29)30)14-22(21)28(31)32)23(2,17-7-6-8-18(24)13-17)15-33-20-9-4-3-5-10-20/h3-14,26H,15H2,1-2H3. The fourth-order valence-electron chi connectivity index (χ4n) is 3.12. The highest BCUT2D eigenvalue weighted by Gasteiger charge is 2.31. The van der Waals surface area contributed by atoms with Gasteiger partial charge in [0.1, 0.15) is 5.69 Å². The van der Waals surface area contributed by atoms with Crippen molar-refractivity contribution in [2.45, 2.75) is 24.2 Å². The Hall–Kier alpha value is -3.43. The summed E-state index contributed by atoms with van der Waals surface area (Å²) in [6, 6.07) is 20.8. The Morgan fingerprint density at radius 1 is 1.03 bits per heavy atom. The van der Waals surface area contributed by atoms with E-state index in [4.69, 9.17) is 11.6 Å². The molecule has 33 heavy (non-hydrogen) atoms. The summed E-state index contributed by atoms with van der Waals surface area (Å²) in [5.41, 5.74) is 3.05. The number of thioether (sulfide) groups is 1. The van der Waals surface area contributed by atoms with Crippen LogP contribution in [0.5, 0.6) is 0 Å². The van der Waals surface area contributed by atoms with Crippen molar-refractivity contribution in [2.75, 3.05) is 11.2 Å². The van der Waals surface area contributed by atoms with Crippen LogP contribution in [0.15, 0.2) is 82.8 Å². The Morgan fingerprint density at radius 2 is 1.76 bits per heavy atom. The van der Waals surface area contributed by atoms with Gasteiger partial charge in [-0.2, -0.15) is 5.10 Å². The number of nitro benzene ring substituents is 2. The number of hydrazone groups is 1. The molecule has 0 aliphatic heterocycles. The molecule has 1 atom stereocenters. The summed E-state index contributed by atoms with van der Waals surface area (Å²) in [4.78, 5) is 22.2. The normalized spacial score (nSPS) is 13.2. The fraction of sp³-hybridized carbons (Fsp3) is 0.174. The molecule has 0 saturated heterocycles. The lowest BCUT2D eigenvalue weighted by Gasteiger charge is -2.30. The molecule has 0 amide bonds. The molecule has 0 fully saturated rings. The van der Waals surface area contributed by atoms with Crippen molar-refractivity contribution in [3.8, 4) is 0 Å². The topological polar surface area (TPSA) is 111 Å². The van der Waals surface area contributed by atoms with Gasteiger partial charge in [0.25, 0.3) is 5.69 Å². The predicted molar refractivity (Wildman–Crippen MR) is 132 cm³/mol. The van der Waals surface area contributed by atoms with Crippen molar-refractivity contribution in [1.82, 2.24) is 0 Å². The average molecular weight is 485 g/mol. The van der Waals surface area contributed by atoms with Crippen LogP contribution in [0.1, 0.15) is 19.4 Å². The van der Waals surface area contributed by atoms with Crippen molar-refractivity contribution >= 4 is 46.1 Å². The van der Waals surface area contributed by atoms with E-state index in [1.807, 2.05) is 62.4 Å². The van der Waals surface area contributed by atoms with Crippen LogP contribution in [0.25, 0.3) is 0 Å². The molecule has 1 unspecified atom stereocenters. The van der Waals surface area contributed by atoms with Gasteiger partial charge in [-0.25, -0.2) is 0 Å². The van der Waals surface area contributed by atoms with Gasteiger partial charge in [0.2, 0.25) is 0 Å². The number of hydrogen-bond donors (Lipinski definition) is 1. The highest BCUT2D eigenvalue weighted by atomic mass is 35.5. The van der Waals surface area contributed by atoms with Gasteiger partial charge in [0.05, 0.1) is 15.9 Å². The second kappa shape index (κ2) is 10.5. The lowest BCUT2D eigenvalue weighted by Crippen LogP contribution is -2.34. The molecule has 8 nitrogen and oxygen atoms in total. The number of non-ortho nitro benzene ring substituents is 1. The lowest BCUT2D eigenvalue weighted by molar-refractivity contribution is -0.393. The van der Waals surface area contributed by atoms with E-state index < -0.39 is 20.9 Å². The molecule has 0 bridgehead atoms. The molecule has 3 aromatic carbocycles. The molecular weight excluding hydrogens is 464 g/mol. The van der Waals surface area contributed by atoms with E-state index in [0.717, 1.165) is 16.5 Å². The Morgan fingerprint density at radius 3 is 2.39 bits per heavy atom. The van der Waals surface area contributed by atoms with E-state index in [-0.39, 0.29) is 11.4 Å². The molecule has 0 spiro atoms. The maximum Gasteiger partial charge on any atom is 0.301 e. The van der Waals surface area contributed by atoms with E-state index in [1.54, 1.807) is 17.8 Å². The number of nitrogens with zero attached hydrogens (tertiary/aromatic N) is 3. The highest BCUT2D eigenvalue weighted by molar-refractivity contribution is 7.99. The molecule has 0 heterocycles. The predicted octanol–water partition coefficient (Wildman–Crippen LogP) is 6.69. The first kappa shape index (κ1) is 24.2. The lowest BCUT2D eigenvalue weighted by atomic mass is 9.80. The van der Waals surface area contributed by atoms with Gasteiger partial charge in [0.15, 0.2) is 0 Å². The average Bonchev–Trinajstić information content (AvgIpc) is 2.81. The molecule has 0 aliphatic carbocycles. The Labute approximate surface area is 200 Å². The number of hydrogen-bond acceptors (Lipinski definition) is 7. The molecule has 1 N–H and O–H groups in total. The molecule has 0 aromatic heterocycles. The molecule has 0 radical (unpaired) electrons. The van der Waals surface area contributed by atoms with Crippen LogP contribution in [0.2, 0.25) is 5.02 Å². The number of anilines is 1. The van der Waals surface area contributed by atoms with Crippen LogP contribution in [0.4, 0.5) is 17.1 Å². The number of benzene rings is 3. The summed E-state index contributed by atoms with van der Waals surface area (Å²) in [6.07, 6.45) is 0. The van der Waals surface area contributed by atoms with Gasteiger partial charge in [-0.1, -0.05) is 41.9 Å². The molecule has 170 valence electrons. The van der Waals surface area contributed by atoms with E-state index in [9.17, 15) is 20.2 Å². The second-order valence-corrected chi connectivity index (χ2v) is 8.95. The first-order valence-electron chi connectivity index (χ1n) is 9.88. The third kappa shape index (κ3) is 5.88. The van der Waals surface area contributed by atoms with Crippen molar-refractivity contribution < 1.29 is 9.85 Å². The zero-order chi connectivity index (χ0) is 24.0. The van der Waals surface area contributed by atoms with E-state index in [1.165, 1.54) is 12.1 Å². The summed E-state index contributed by atoms with van der Waals surface area (Å²) in [7, 11) is 0. The van der Waals surface area contributed by atoms with E-state index in [2.05, 4.69) is 10.5 Å². The van der Waals surface area contributed by atoms with E-state index >= 15 is 0 Å². The summed E-state index contributed by atoms with van der Waals surface area (Å²) in [6.45, 7) is 3.86. The highest BCUT2D eigenvalue weighted by Crippen LogP contribution is 2.35. The third-order valence-corrected chi connectivity index (χ3v) is 6.83. The van der Waals surface area contributed by atoms with Crippen LogP contribution >= 0.6 is 23.4 Å². The molecule has 3 rings (SSSR count). The molecule has 10 heteroatoms. The zero-order valence-electron chi connectivity index (χ0n) is 17.9. The second-order valence-electron chi connectivity index (χ2n) is 7.47. The minimum Gasteiger partial charge on any atom is -0.272 e. The largest absolute Gasteiger partial charge is 0.301 e. The van der Waals surface area contributed by atoms with Gasteiger partial charge in [-0.3, -0.25) is 25.7 Å². The maximum absolute atomic E-state index is 11.4. The third-order valence-electron chi connectivity index (χ3n) is 5.26. The molecule has 0 saturated carbocycles. The number of rotatable bonds is 9. The number of nitrogens with one attached hydrogen (secondary N) is 1. The minimum absolute atomic E-state index is 0.0640. The Kier molecular flexibility index (Phi) is 7.67. The van der Waals surface area contributed by atoms with Crippen molar-refractivity contribution in [3.63, 3.8) is 0 Å². The SMILES string of the molecule is CC(=NNc1ccc([N+](=O)[O-])cc1[N+](=O)[O-])C(C)(CSc1ccccc1)c1cccc(Cl)c1. The number of nitro groups is 2. The van der Waals surface area contributed by atoms with Crippen LogP contribution in [0.3, 0.4) is 0 Å². The Balaban J connectivity index is 1.95. The van der Waals surface area contributed by atoms with Gasteiger partial charge in [0, 0.05) is 32.9 Å². The maximum atomic E-state index is 11.4. The Bertz CT molecular complexity index is 1210. The molecular formula is C23H21ClN4O4S. The monoisotopic (exact) mass is 484 g/mol. The molecule has 3 aromatic rings. The van der Waals surface area contributed by atoms with Crippen molar-refractivity contribution in [3.05, 3.63) is 104 Å². The minimum atomic E-state index is -0.679. The van der Waals surface area contributed by atoms with Gasteiger partial charge >= 0.3 is 5.69 Å². The van der Waals surface area contributed by atoms with Crippen molar-refractivity contribution in [1.29, 1.82) is 0 Å². The summed E-state index contributed by atoms with van der Waals surface area (Å²) >= 11 is 7.91. The number of halogens is 1. The first-order valence-corrected chi connectivity index (χ1v) is 11.2. The summed E-state index contributed by atoms with van der Waals surface area (Å²) < 4.78 is 0. The van der Waals surface area contributed by atoms with Gasteiger partial charge in [-0.15, -0.1) is 11.8 Å². The van der Waals surface area contributed by atoms with Crippen LogP contribution in [-0.2, 0) is 5.41 Å². The fourth-order valence-corrected chi connectivity index (χ4v) is 4.49. The smallest absolute Gasteiger partial charge is 0.272 e. The van der Waals surface area contributed by atoms with Gasteiger partial charge < -0.3 is 0 Å². The van der Waals surface area contributed by atoms with Gasteiger partial charge in [-0.05, 0) is 49.7 Å². The van der Waals surface area contributed by atoms with Crippen LogP contribution in [0, 0.1) is 20.2 Å². The van der Waals surface area contributed by atoms with Crippen LogP contribution < -0.4 is 5.43 Å². The first-order chi connectivity index (χ1) is 15.7. The summed E-state index contributed by atoms with van der Waals surface area (Å²) in [5.74, 6) is 0.636. The zero-order valence-corrected chi connectivity index (χ0v) is 19.5. The van der Waals surface area contributed by atoms with E-state index in [0.29, 0.717) is 16.5 Å². The van der Waals surface area contributed by atoms with Crippen molar-refractivity contribution in [2.24, 2.45) is 5.10 Å². The van der Waals surface area contributed by atoms with Crippen LogP contribution in [-0.4, -0.2) is 21.3 Å². The quantitative estimate of drug-likeness (QED) is 0.157. The summed E-state index contributed by atoms with van der Waals surface area (Å²) in [5, 5.41) is 27.4. The molecule has 0 aliphatic rings.